The second-order valence-corrected chi connectivity index (χ2v) is 11.5. The average molecular weight is 553 g/mol. The van der Waals surface area contributed by atoms with E-state index in [4.69, 9.17) is 19.9 Å². The van der Waals surface area contributed by atoms with Crippen molar-refractivity contribution in [2.45, 2.75) is 19.3 Å². The van der Waals surface area contributed by atoms with Crippen molar-refractivity contribution in [1.82, 2.24) is 19.9 Å². The summed E-state index contributed by atoms with van der Waals surface area (Å²) in [5.41, 5.74) is 9.99. The third-order valence-electron chi connectivity index (χ3n) is 8.57. The van der Waals surface area contributed by atoms with Gasteiger partial charge in [-0.15, -0.1) is 0 Å². The first-order chi connectivity index (χ1) is 21.1. The molecule has 0 spiro atoms. The van der Waals surface area contributed by atoms with Gasteiger partial charge in [0.15, 0.2) is 17.5 Å². The fourth-order valence-electron chi connectivity index (χ4n) is 6.39. The van der Waals surface area contributed by atoms with E-state index in [0.717, 1.165) is 22.4 Å². The normalized spacial score (nSPS) is 13.1. The predicted octanol–water partition coefficient (Wildman–Crippen LogP) is 9.39. The Balaban J connectivity index is 1.30. The molecular weight excluding hydrogens is 524 g/mol. The highest BCUT2D eigenvalue weighted by atomic mass is 15.0. The van der Waals surface area contributed by atoms with Gasteiger partial charge >= 0.3 is 0 Å². The van der Waals surface area contributed by atoms with Crippen LogP contribution in [-0.4, -0.2) is 19.9 Å². The zero-order valence-corrected chi connectivity index (χ0v) is 24.0. The van der Waals surface area contributed by atoms with E-state index in [1.54, 1.807) is 0 Å². The molecular formula is C39H28N4. The molecule has 2 heterocycles. The van der Waals surface area contributed by atoms with Crippen molar-refractivity contribution in [3.8, 4) is 56.5 Å². The van der Waals surface area contributed by atoms with Gasteiger partial charge in [-0.05, 0) is 51.2 Å². The molecule has 204 valence electrons. The summed E-state index contributed by atoms with van der Waals surface area (Å²) in [5, 5.41) is 2.42. The van der Waals surface area contributed by atoms with Gasteiger partial charge in [-0.2, -0.15) is 0 Å². The van der Waals surface area contributed by atoms with Crippen LogP contribution >= 0.6 is 0 Å². The zero-order valence-electron chi connectivity index (χ0n) is 24.0. The summed E-state index contributed by atoms with van der Waals surface area (Å²) in [6.07, 6.45) is 1.90. The Labute approximate surface area is 250 Å². The molecule has 1 aliphatic carbocycles. The molecule has 43 heavy (non-hydrogen) atoms. The molecule has 0 bridgehead atoms. The van der Waals surface area contributed by atoms with Crippen molar-refractivity contribution in [3.63, 3.8) is 0 Å². The number of fused-ring (bicyclic) bond motifs is 4. The Morgan fingerprint density at radius 2 is 1.07 bits per heavy atom. The van der Waals surface area contributed by atoms with E-state index in [9.17, 15) is 0 Å². The highest BCUT2D eigenvalue weighted by molar-refractivity contribution is 6.07. The summed E-state index contributed by atoms with van der Waals surface area (Å²) in [7, 11) is 0. The molecule has 0 N–H and O–H groups in total. The largest absolute Gasteiger partial charge is 0.255 e. The van der Waals surface area contributed by atoms with E-state index in [0.29, 0.717) is 17.5 Å². The lowest BCUT2D eigenvalue weighted by Gasteiger charge is -2.22. The maximum atomic E-state index is 5.08. The molecule has 2 aromatic heterocycles. The van der Waals surface area contributed by atoms with E-state index in [1.165, 1.54) is 38.6 Å². The van der Waals surface area contributed by atoms with E-state index in [-0.39, 0.29) is 5.41 Å². The number of rotatable bonds is 4. The number of hydrogen-bond acceptors (Lipinski definition) is 4. The van der Waals surface area contributed by atoms with Gasteiger partial charge in [-0.25, -0.2) is 15.0 Å². The minimum absolute atomic E-state index is 0.1000. The van der Waals surface area contributed by atoms with Crippen LogP contribution in [0.5, 0.6) is 0 Å². The van der Waals surface area contributed by atoms with E-state index >= 15 is 0 Å². The second kappa shape index (κ2) is 9.81. The molecule has 0 amide bonds. The molecule has 0 saturated carbocycles. The lowest BCUT2D eigenvalue weighted by molar-refractivity contribution is 0.661. The molecule has 0 unspecified atom stereocenters. The predicted molar refractivity (Wildman–Crippen MR) is 174 cm³/mol. The zero-order chi connectivity index (χ0) is 29.0. The van der Waals surface area contributed by atoms with E-state index < -0.39 is 0 Å². The number of pyridine rings is 1. The van der Waals surface area contributed by atoms with Gasteiger partial charge in [0.05, 0.1) is 5.69 Å². The Bertz CT molecular complexity index is 2080. The van der Waals surface area contributed by atoms with Crippen molar-refractivity contribution in [2.24, 2.45) is 0 Å². The second-order valence-electron chi connectivity index (χ2n) is 11.5. The number of hydrogen-bond donors (Lipinski definition) is 0. The summed E-state index contributed by atoms with van der Waals surface area (Å²) < 4.78 is 0. The highest BCUT2D eigenvalue weighted by Gasteiger charge is 2.37. The fourth-order valence-corrected chi connectivity index (χ4v) is 6.39. The van der Waals surface area contributed by atoms with Gasteiger partial charge in [-0.1, -0.05) is 123 Å². The standard InChI is InChI=1S/C39H28N4/c1-39(2)31-20-12-11-19-30(31)34-32(39)23-27-17-9-10-18-29(27)35(34)33-22-21-28(24-40-33)38-42-36(25-13-5-3-6-14-25)41-37(43-38)26-15-7-4-8-16-26/h3-24H,1-2H3. The molecule has 4 heteroatoms. The van der Waals surface area contributed by atoms with E-state index in [2.05, 4.69) is 80.6 Å². The number of benzene rings is 5. The first kappa shape index (κ1) is 25.2. The molecule has 0 saturated heterocycles. The molecule has 0 atom stereocenters. The third kappa shape index (κ3) is 4.14. The summed E-state index contributed by atoms with van der Waals surface area (Å²) in [4.78, 5) is 19.7. The average Bonchev–Trinajstić information content (AvgIpc) is 3.30. The molecule has 4 nitrogen and oxygen atoms in total. The monoisotopic (exact) mass is 552 g/mol. The molecule has 8 rings (SSSR count). The van der Waals surface area contributed by atoms with Crippen LogP contribution < -0.4 is 0 Å². The Hall–Kier alpha value is -5.48. The SMILES string of the molecule is CC1(C)c2ccccc2-c2c1cc1ccccc1c2-c1ccc(-c2nc(-c3ccccc3)nc(-c3ccccc3)n2)cn1. The first-order valence-electron chi connectivity index (χ1n) is 14.6. The van der Waals surface area contributed by atoms with Crippen LogP contribution in [0.15, 0.2) is 134 Å². The third-order valence-corrected chi connectivity index (χ3v) is 8.57. The first-order valence-corrected chi connectivity index (χ1v) is 14.6. The van der Waals surface area contributed by atoms with Crippen LogP contribution in [0, 0.1) is 0 Å². The topological polar surface area (TPSA) is 51.6 Å². The maximum Gasteiger partial charge on any atom is 0.165 e. The Kier molecular flexibility index (Phi) is 5.76. The minimum atomic E-state index is -0.1000. The molecule has 0 radical (unpaired) electrons. The summed E-state index contributed by atoms with van der Waals surface area (Å²) in [5.74, 6) is 1.87. The highest BCUT2D eigenvalue weighted by Crippen LogP contribution is 2.53. The maximum absolute atomic E-state index is 5.08. The molecule has 0 aliphatic heterocycles. The number of aromatic nitrogens is 4. The molecule has 5 aromatic carbocycles. The van der Waals surface area contributed by atoms with Crippen LogP contribution in [0.2, 0.25) is 0 Å². The van der Waals surface area contributed by atoms with Gasteiger partial charge < -0.3 is 0 Å². The molecule has 7 aromatic rings. The summed E-state index contributed by atoms with van der Waals surface area (Å²) in [6.45, 7) is 4.64. The smallest absolute Gasteiger partial charge is 0.165 e. The van der Waals surface area contributed by atoms with Crippen molar-refractivity contribution >= 4 is 10.8 Å². The molecule has 1 aliphatic rings. The fraction of sp³-hybridized carbons (Fsp3) is 0.0769. The summed E-state index contributed by atoms with van der Waals surface area (Å²) in [6, 6.07) is 44.1. The van der Waals surface area contributed by atoms with Crippen LogP contribution in [0.3, 0.4) is 0 Å². The van der Waals surface area contributed by atoms with Crippen molar-refractivity contribution < 1.29 is 0 Å². The number of nitrogens with zero attached hydrogens (tertiary/aromatic N) is 4. The van der Waals surface area contributed by atoms with Crippen LogP contribution in [-0.2, 0) is 5.41 Å². The van der Waals surface area contributed by atoms with Gasteiger partial charge in [0.25, 0.3) is 0 Å². The Morgan fingerprint density at radius 3 is 1.72 bits per heavy atom. The summed E-state index contributed by atoms with van der Waals surface area (Å²) >= 11 is 0. The van der Waals surface area contributed by atoms with E-state index in [1.807, 2.05) is 66.9 Å². The minimum Gasteiger partial charge on any atom is -0.255 e. The van der Waals surface area contributed by atoms with Crippen LogP contribution in [0.4, 0.5) is 0 Å². The van der Waals surface area contributed by atoms with Crippen molar-refractivity contribution in [1.29, 1.82) is 0 Å². The van der Waals surface area contributed by atoms with Gasteiger partial charge in [0, 0.05) is 33.9 Å². The van der Waals surface area contributed by atoms with Gasteiger partial charge in [0.1, 0.15) is 0 Å². The van der Waals surface area contributed by atoms with Gasteiger partial charge in [-0.3, -0.25) is 4.98 Å². The lowest BCUT2D eigenvalue weighted by Crippen LogP contribution is -2.15. The van der Waals surface area contributed by atoms with Crippen LogP contribution in [0.25, 0.3) is 67.3 Å². The Morgan fingerprint density at radius 1 is 0.488 bits per heavy atom. The van der Waals surface area contributed by atoms with Crippen LogP contribution in [0.1, 0.15) is 25.0 Å². The van der Waals surface area contributed by atoms with Crippen molar-refractivity contribution in [3.05, 3.63) is 145 Å². The quantitative estimate of drug-likeness (QED) is 0.218. The molecule has 0 fully saturated rings. The van der Waals surface area contributed by atoms with Gasteiger partial charge in [0.2, 0.25) is 0 Å². The lowest BCUT2D eigenvalue weighted by atomic mass is 9.81. The van der Waals surface area contributed by atoms with Crippen molar-refractivity contribution in [2.75, 3.05) is 0 Å².